The molecule has 2 amide bonds. The van der Waals surface area contributed by atoms with Gasteiger partial charge in [0.05, 0.1) is 5.75 Å². The molecule has 0 aromatic heterocycles. The molecule has 2 aliphatic rings. The number of rotatable bonds is 6. The van der Waals surface area contributed by atoms with Crippen molar-refractivity contribution in [2.75, 3.05) is 32.9 Å². The van der Waals surface area contributed by atoms with Gasteiger partial charge in [0.1, 0.15) is 17.2 Å². The first-order chi connectivity index (χ1) is 16.9. The van der Waals surface area contributed by atoms with E-state index in [1.54, 1.807) is 39.2 Å². The van der Waals surface area contributed by atoms with Gasteiger partial charge in [-0.1, -0.05) is 6.07 Å². The summed E-state index contributed by atoms with van der Waals surface area (Å²) in [4.78, 5) is 31.2. The molecule has 4 rings (SSSR count). The minimum Gasteiger partial charge on any atom is -0.345 e. The molecule has 1 fully saturated rings. The normalized spacial score (nSPS) is 17.7. The Morgan fingerprint density at radius 1 is 1.11 bits per heavy atom. The van der Waals surface area contributed by atoms with E-state index in [0.29, 0.717) is 28.9 Å². The van der Waals surface area contributed by atoms with Gasteiger partial charge in [0, 0.05) is 38.3 Å². The first-order valence-electron chi connectivity index (χ1n) is 11.9. The zero-order valence-corrected chi connectivity index (χ0v) is 21.8. The largest absolute Gasteiger partial charge is 0.345 e. The fraction of sp³-hybridized carbons (Fsp3) is 0.423. The van der Waals surface area contributed by atoms with E-state index in [1.165, 1.54) is 21.3 Å². The number of piperidine rings is 1. The minimum absolute atomic E-state index is 0.0582. The molecular formula is C26H31FN4O4S. The highest BCUT2D eigenvalue weighted by molar-refractivity contribution is 7.89. The lowest BCUT2D eigenvalue weighted by molar-refractivity contribution is -0.124. The Morgan fingerprint density at radius 3 is 2.42 bits per heavy atom. The van der Waals surface area contributed by atoms with Gasteiger partial charge in [-0.15, -0.1) is 0 Å². The van der Waals surface area contributed by atoms with Gasteiger partial charge in [-0.3, -0.25) is 14.6 Å². The van der Waals surface area contributed by atoms with Crippen molar-refractivity contribution >= 4 is 27.7 Å². The summed E-state index contributed by atoms with van der Waals surface area (Å²) in [5, 5.41) is 2.81. The standard InChI is InChI=1S/C26H31FN4O4S/c1-17-15-20(24(32)30(3)4)6-5-19(17)9-14-36(34,35)31-12-10-26(11-13-31)25(33)28-23(29-26)22-8-7-21(27)16-18(22)2/h5-8,15-16H,9-14H2,1-4H3,(H,28,29,33). The van der Waals surface area contributed by atoms with Crippen molar-refractivity contribution in [3.05, 3.63) is 70.0 Å². The van der Waals surface area contributed by atoms with Gasteiger partial charge < -0.3 is 10.2 Å². The highest BCUT2D eigenvalue weighted by Gasteiger charge is 2.47. The minimum atomic E-state index is -3.54. The first-order valence-corrected chi connectivity index (χ1v) is 13.5. The van der Waals surface area contributed by atoms with Crippen LogP contribution in [0.1, 0.15) is 45.5 Å². The predicted octanol–water partition coefficient (Wildman–Crippen LogP) is 2.43. The van der Waals surface area contributed by atoms with E-state index >= 15 is 0 Å². The molecule has 2 heterocycles. The third-order valence-electron chi connectivity index (χ3n) is 6.99. The van der Waals surface area contributed by atoms with Gasteiger partial charge in [0.2, 0.25) is 10.0 Å². The Balaban J connectivity index is 1.41. The molecule has 10 heteroatoms. The molecule has 192 valence electrons. The maximum absolute atomic E-state index is 13.5. The molecule has 0 atom stereocenters. The Morgan fingerprint density at radius 2 is 1.81 bits per heavy atom. The molecule has 0 bridgehead atoms. The maximum Gasteiger partial charge on any atom is 0.253 e. The molecular weight excluding hydrogens is 483 g/mol. The lowest BCUT2D eigenvalue weighted by atomic mass is 9.89. The van der Waals surface area contributed by atoms with Crippen LogP contribution in [0, 0.1) is 19.7 Å². The summed E-state index contributed by atoms with van der Waals surface area (Å²) in [5.41, 5.74) is 2.63. The van der Waals surface area contributed by atoms with Crippen LogP contribution in [0.5, 0.6) is 0 Å². The van der Waals surface area contributed by atoms with Gasteiger partial charge in [0.15, 0.2) is 0 Å². The number of benzene rings is 2. The third-order valence-corrected chi connectivity index (χ3v) is 8.86. The second-order valence-corrected chi connectivity index (χ2v) is 11.8. The zero-order valence-electron chi connectivity index (χ0n) is 21.0. The van der Waals surface area contributed by atoms with Crippen molar-refractivity contribution in [1.29, 1.82) is 0 Å². The fourth-order valence-corrected chi connectivity index (χ4v) is 6.22. The van der Waals surface area contributed by atoms with Gasteiger partial charge in [-0.2, -0.15) is 0 Å². The number of aryl methyl sites for hydroxylation is 3. The summed E-state index contributed by atoms with van der Waals surface area (Å²) in [7, 11) is -0.170. The molecule has 8 nitrogen and oxygen atoms in total. The molecule has 0 aliphatic carbocycles. The van der Waals surface area contributed by atoms with Crippen LogP contribution < -0.4 is 5.32 Å². The van der Waals surface area contributed by atoms with E-state index in [-0.39, 0.29) is 49.3 Å². The van der Waals surface area contributed by atoms with Crippen LogP contribution in [-0.2, 0) is 21.2 Å². The molecule has 0 saturated carbocycles. The second kappa shape index (κ2) is 9.74. The van der Waals surface area contributed by atoms with E-state index in [1.807, 2.05) is 13.0 Å². The van der Waals surface area contributed by atoms with Crippen molar-refractivity contribution in [3.8, 4) is 0 Å². The van der Waals surface area contributed by atoms with E-state index in [0.717, 1.165) is 11.1 Å². The van der Waals surface area contributed by atoms with Crippen LogP contribution in [0.2, 0.25) is 0 Å². The Labute approximate surface area is 211 Å². The molecule has 2 aliphatic heterocycles. The first kappa shape index (κ1) is 26.0. The smallest absolute Gasteiger partial charge is 0.253 e. The van der Waals surface area contributed by atoms with Crippen molar-refractivity contribution in [1.82, 2.24) is 14.5 Å². The van der Waals surface area contributed by atoms with E-state index in [9.17, 15) is 22.4 Å². The Bertz CT molecular complexity index is 1350. The monoisotopic (exact) mass is 514 g/mol. The molecule has 1 N–H and O–H groups in total. The average Bonchev–Trinajstić information content (AvgIpc) is 3.12. The van der Waals surface area contributed by atoms with Gasteiger partial charge >= 0.3 is 0 Å². The number of nitrogens with one attached hydrogen (secondary N) is 1. The number of amides is 2. The van der Waals surface area contributed by atoms with Crippen LogP contribution in [0.3, 0.4) is 0 Å². The summed E-state index contributed by atoms with van der Waals surface area (Å²) in [6, 6.07) is 9.62. The maximum atomic E-state index is 13.5. The highest BCUT2D eigenvalue weighted by Crippen LogP contribution is 2.32. The average molecular weight is 515 g/mol. The number of sulfonamides is 1. The molecule has 1 saturated heterocycles. The summed E-state index contributed by atoms with van der Waals surface area (Å²) in [6.45, 7) is 4.02. The van der Waals surface area contributed by atoms with Gasteiger partial charge in [-0.05, 0) is 80.1 Å². The van der Waals surface area contributed by atoms with Crippen LogP contribution in [-0.4, -0.2) is 73.7 Å². The predicted molar refractivity (Wildman–Crippen MR) is 136 cm³/mol. The van der Waals surface area contributed by atoms with Gasteiger partial charge in [-0.25, -0.2) is 17.1 Å². The summed E-state index contributed by atoms with van der Waals surface area (Å²) in [6.07, 6.45) is 0.892. The summed E-state index contributed by atoms with van der Waals surface area (Å²) in [5.74, 6) is -0.364. The molecule has 2 aromatic carbocycles. The number of carbonyl (C=O) groups excluding carboxylic acids is 2. The number of nitrogens with zero attached hydrogens (tertiary/aromatic N) is 3. The lowest BCUT2D eigenvalue weighted by Crippen LogP contribution is -2.50. The quantitative estimate of drug-likeness (QED) is 0.640. The van der Waals surface area contributed by atoms with Crippen molar-refractivity contribution in [2.45, 2.75) is 38.6 Å². The molecule has 1 spiro atoms. The zero-order chi connectivity index (χ0) is 26.3. The van der Waals surface area contributed by atoms with E-state index in [2.05, 4.69) is 10.3 Å². The van der Waals surface area contributed by atoms with Crippen molar-refractivity contribution in [3.63, 3.8) is 0 Å². The van der Waals surface area contributed by atoms with Gasteiger partial charge in [0.25, 0.3) is 11.8 Å². The summed E-state index contributed by atoms with van der Waals surface area (Å²) < 4.78 is 41.1. The number of carbonyl (C=O) groups is 2. The lowest BCUT2D eigenvalue weighted by Gasteiger charge is -2.34. The van der Waals surface area contributed by atoms with Crippen LogP contribution in [0.25, 0.3) is 0 Å². The SMILES string of the molecule is Cc1cc(C(=O)N(C)C)ccc1CCS(=O)(=O)N1CCC2(CC1)N=C(c1ccc(F)cc1C)NC2=O. The number of hydrogen-bond donors (Lipinski definition) is 1. The number of aliphatic imine (C=N–C) groups is 1. The fourth-order valence-electron chi connectivity index (χ4n) is 4.75. The number of hydrogen-bond acceptors (Lipinski definition) is 5. The molecule has 36 heavy (non-hydrogen) atoms. The number of amidine groups is 1. The van der Waals surface area contributed by atoms with Crippen LogP contribution >= 0.6 is 0 Å². The van der Waals surface area contributed by atoms with Crippen molar-refractivity contribution in [2.24, 2.45) is 4.99 Å². The van der Waals surface area contributed by atoms with E-state index < -0.39 is 15.6 Å². The van der Waals surface area contributed by atoms with Crippen molar-refractivity contribution < 1.29 is 22.4 Å². The topological polar surface area (TPSA) is 99.2 Å². The Hall–Kier alpha value is -3.11. The van der Waals surface area contributed by atoms with Crippen LogP contribution in [0.15, 0.2) is 41.4 Å². The van der Waals surface area contributed by atoms with E-state index in [4.69, 9.17) is 0 Å². The molecule has 0 radical (unpaired) electrons. The Kier molecular flexibility index (Phi) is 7.03. The summed E-state index contributed by atoms with van der Waals surface area (Å²) >= 11 is 0. The third kappa shape index (κ3) is 5.05. The molecule has 2 aromatic rings. The molecule has 0 unspecified atom stereocenters. The van der Waals surface area contributed by atoms with Crippen LogP contribution in [0.4, 0.5) is 4.39 Å². The highest BCUT2D eigenvalue weighted by atomic mass is 32.2. The second-order valence-electron chi connectivity index (χ2n) is 9.71. The number of halogens is 1.